The Labute approximate surface area is 85.9 Å². The number of aliphatic hydroxyl groups excluding tert-OH is 1. The van der Waals surface area contributed by atoms with E-state index in [1.165, 1.54) is 0 Å². The van der Waals surface area contributed by atoms with E-state index in [2.05, 4.69) is 22.2 Å². The Morgan fingerprint density at radius 3 is 2.43 bits per heavy atom. The van der Waals surface area contributed by atoms with E-state index in [0.717, 1.165) is 45.8 Å². The molecule has 1 unspecified atom stereocenters. The molecule has 1 atom stereocenters. The van der Waals surface area contributed by atoms with Crippen LogP contribution in [0.1, 0.15) is 0 Å². The SMILES string of the molecule is CN1CCN(CC(O)C2CNC2)CC1. The van der Waals surface area contributed by atoms with E-state index in [1.54, 1.807) is 0 Å². The number of nitrogens with one attached hydrogen (secondary N) is 1. The summed E-state index contributed by atoms with van der Waals surface area (Å²) < 4.78 is 0. The molecule has 0 bridgehead atoms. The summed E-state index contributed by atoms with van der Waals surface area (Å²) in [5.41, 5.74) is 0. The van der Waals surface area contributed by atoms with Gasteiger partial charge in [-0.15, -0.1) is 0 Å². The fraction of sp³-hybridized carbons (Fsp3) is 1.00. The molecule has 0 spiro atoms. The van der Waals surface area contributed by atoms with Crippen molar-refractivity contribution in [2.45, 2.75) is 6.10 Å². The van der Waals surface area contributed by atoms with Gasteiger partial charge < -0.3 is 15.3 Å². The Bertz CT molecular complexity index is 176. The van der Waals surface area contributed by atoms with Crippen LogP contribution in [0.15, 0.2) is 0 Å². The fourth-order valence-electron chi connectivity index (χ4n) is 2.03. The molecule has 0 amide bonds. The van der Waals surface area contributed by atoms with Crippen LogP contribution in [0.5, 0.6) is 0 Å². The molecule has 0 aliphatic carbocycles. The first-order valence-electron chi connectivity index (χ1n) is 5.55. The van der Waals surface area contributed by atoms with Gasteiger partial charge in [0, 0.05) is 51.7 Å². The lowest BCUT2D eigenvalue weighted by molar-refractivity contribution is 0.0279. The number of rotatable bonds is 3. The second kappa shape index (κ2) is 4.57. The summed E-state index contributed by atoms with van der Waals surface area (Å²) >= 11 is 0. The van der Waals surface area contributed by atoms with E-state index in [9.17, 15) is 5.11 Å². The number of hydrogen-bond donors (Lipinski definition) is 2. The first-order valence-corrected chi connectivity index (χ1v) is 5.55. The molecule has 0 radical (unpaired) electrons. The van der Waals surface area contributed by atoms with Crippen LogP contribution in [-0.4, -0.2) is 73.9 Å². The van der Waals surface area contributed by atoms with Gasteiger partial charge in [-0.25, -0.2) is 0 Å². The zero-order chi connectivity index (χ0) is 9.97. The van der Waals surface area contributed by atoms with Gasteiger partial charge in [0.25, 0.3) is 0 Å². The monoisotopic (exact) mass is 199 g/mol. The average molecular weight is 199 g/mol. The Balaban J connectivity index is 1.68. The van der Waals surface area contributed by atoms with Crippen molar-refractivity contribution in [2.75, 3.05) is 52.9 Å². The maximum atomic E-state index is 9.89. The molecular formula is C10H21N3O. The molecule has 4 nitrogen and oxygen atoms in total. The Morgan fingerprint density at radius 2 is 1.93 bits per heavy atom. The van der Waals surface area contributed by atoms with Gasteiger partial charge in [0.05, 0.1) is 6.10 Å². The topological polar surface area (TPSA) is 38.7 Å². The van der Waals surface area contributed by atoms with Crippen molar-refractivity contribution in [3.05, 3.63) is 0 Å². The van der Waals surface area contributed by atoms with Gasteiger partial charge in [-0.2, -0.15) is 0 Å². The molecule has 2 aliphatic heterocycles. The number of hydrogen-bond acceptors (Lipinski definition) is 4. The highest BCUT2D eigenvalue weighted by atomic mass is 16.3. The molecule has 2 fully saturated rings. The van der Waals surface area contributed by atoms with Crippen LogP contribution < -0.4 is 5.32 Å². The minimum absolute atomic E-state index is 0.125. The third-order valence-corrected chi connectivity index (χ3v) is 3.40. The molecule has 2 rings (SSSR count). The second-order valence-electron chi connectivity index (χ2n) is 4.59. The van der Waals surface area contributed by atoms with E-state index in [4.69, 9.17) is 0 Å². The van der Waals surface area contributed by atoms with Crippen LogP contribution >= 0.6 is 0 Å². The van der Waals surface area contributed by atoms with Gasteiger partial charge in [-0.05, 0) is 7.05 Å². The van der Waals surface area contributed by atoms with Crippen LogP contribution in [-0.2, 0) is 0 Å². The first-order chi connectivity index (χ1) is 6.75. The highest BCUT2D eigenvalue weighted by Crippen LogP contribution is 2.11. The van der Waals surface area contributed by atoms with Gasteiger partial charge in [-0.1, -0.05) is 0 Å². The highest BCUT2D eigenvalue weighted by Gasteiger charge is 2.27. The predicted octanol–water partition coefficient (Wildman–Crippen LogP) is -1.19. The normalized spacial score (nSPS) is 28.7. The van der Waals surface area contributed by atoms with Crippen LogP contribution in [0.2, 0.25) is 0 Å². The average Bonchev–Trinajstić information content (AvgIpc) is 2.06. The van der Waals surface area contributed by atoms with Gasteiger partial charge in [-0.3, -0.25) is 4.90 Å². The predicted molar refractivity (Wildman–Crippen MR) is 56.3 cm³/mol. The molecular weight excluding hydrogens is 178 g/mol. The van der Waals surface area contributed by atoms with Crippen molar-refractivity contribution in [2.24, 2.45) is 5.92 Å². The smallest absolute Gasteiger partial charge is 0.0719 e. The molecule has 2 heterocycles. The van der Waals surface area contributed by atoms with Crippen molar-refractivity contribution in [3.8, 4) is 0 Å². The number of aliphatic hydroxyl groups is 1. The molecule has 4 heteroatoms. The zero-order valence-corrected chi connectivity index (χ0v) is 8.95. The number of β-amino-alcohol motifs (C(OH)–C–C–N with tert-alkyl or cyclic N) is 1. The first kappa shape index (κ1) is 10.4. The Kier molecular flexibility index (Phi) is 3.38. The van der Waals surface area contributed by atoms with E-state index < -0.39 is 0 Å². The quantitative estimate of drug-likeness (QED) is 0.600. The zero-order valence-electron chi connectivity index (χ0n) is 8.95. The van der Waals surface area contributed by atoms with Gasteiger partial charge in [0.1, 0.15) is 0 Å². The third-order valence-electron chi connectivity index (χ3n) is 3.40. The van der Waals surface area contributed by atoms with E-state index in [0.29, 0.717) is 5.92 Å². The third kappa shape index (κ3) is 2.45. The highest BCUT2D eigenvalue weighted by molar-refractivity contribution is 4.84. The summed E-state index contributed by atoms with van der Waals surface area (Å²) in [4.78, 5) is 4.72. The van der Waals surface area contributed by atoms with Crippen LogP contribution in [0.3, 0.4) is 0 Å². The molecule has 0 aromatic rings. The largest absolute Gasteiger partial charge is 0.391 e. The second-order valence-corrected chi connectivity index (χ2v) is 4.59. The molecule has 2 saturated heterocycles. The van der Waals surface area contributed by atoms with Gasteiger partial charge in [0.2, 0.25) is 0 Å². The fourth-order valence-corrected chi connectivity index (χ4v) is 2.03. The van der Waals surface area contributed by atoms with E-state index in [1.807, 2.05) is 0 Å². The van der Waals surface area contributed by atoms with Crippen molar-refractivity contribution in [1.29, 1.82) is 0 Å². The number of nitrogens with zero attached hydrogens (tertiary/aromatic N) is 2. The Morgan fingerprint density at radius 1 is 1.29 bits per heavy atom. The minimum atomic E-state index is -0.125. The Hall–Kier alpha value is -0.160. The van der Waals surface area contributed by atoms with Crippen LogP contribution in [0.4, 0.5) is 0 Å². The summed E-state index contributed by atoms with van der Waals surface area (Å²) in [5.74, 6) is 0.495. The van der Waals surface area contributed by atoms with Gasteiger partial charge >= 0.3 is 0 Å². The van der Waals surface area contributed by atoms with E-state index >= 15 is 0 Å². The van der Waals surface area contributed by atoms with Crippen LogP contribution in [0, 0.1) is 5.92 Å². The molecule has 0 aromatic heterocycles. The van der Waals surface area contributed by atoms with Crippen molar-refractivity contribution < 1.29 is 5.11 Å². The molecule has 2 aliphatic rings. The van der Waals surface area contributed by atoms with Gasteiger partial charge in [0.15, 0.2) is 0 Å². The molecule has 0 saturated carbocycles. The lowest BCUT2D eigenvalue weighted by atomic mass is 9.96. The maximum absolute atomic E-state index is 9.89. The minimum Gasteiger partial charge on any atom is -0.391 e. The number of likely N-dealkylation sites (N-methyl/N-ethyl adjacent to an activating group) is 1. The maximum Gasteiger partial charge on any atom is 0.0719 e. The number of piperazine rings is 1. The van der Waals surface area contributed by atoms with Crippen LogP contribution in [0.25, 0.3) is 0 Å². The lowest BCUT2D eigenvalue weighted by Crippen LogP contribution is -2.54. The standard InChI is InChI=1S/C10H21N3O/c1-12-2-4-13(5-3-12)8-10(14)9-6-11-7-9/h9-11,14H,2-8H2,1H3. The summed E-state index contributed by atoms with van der Waals surface area (Å²) in [6, 6.07) is 0. The van der Waals surface area contributed by atoms with Crippen molar-refractivity contribution >= 4 is 0 Å². The summed E-state index contributed by atoms with van der Waals surface area (Å²) in [7, 11) is 2.16. The lowest BCUT2D eigenvalue weighted by Gasteiger charge is -2.37. The summed E-state index contributed by atoms with van der Waals surface area (Å²) in [6.45, 7) is 7.33. The summed E-state index contributed by atoms with van der Waals surface area (Å²) in [5, 5.41) is 13.1. The molecule has 2 N–H and O–H groups in total. The van der Waals surface area contributed by atoms with Crippen molar-refractivity contribution in [1.82, 2.24) is 15.1 Å². The molecule has 82 valence electrons. The van der Waals surface area contributed by atoms with Crippen molar-refractivity contribution in [3.63, 3.8) is 0 Å². The van der Waals surface area contributed by atoms with E-state index in [-0.39, 0.29) is 6.10 Å². The molecule has 14 heavy (non-hydrogen) atoms. The molecule has 0 aromatic carbocycles. The summed E-state index contributed by atoms with van der Waals surface area (Å²) in [6.07, 6.45) is -0.125.